The number of para-hydroxylation sites is 1. The summed E-state index contributed by atoms with van der Waals surface area (Å²) >= 11 is 0. The Morgan fingerprint density at radius 1 is 0.426 bits per heavy atom. The van der Waals surface area contributed by atoms with Crippen LogP contribution in [-0.4, -0.2) is 15.0 Å². The quantitative estimate of drug-likeness (QED) is 0.189. The van der Waals surface area contributed by atoms with E-state index in [4.69, 9.17) is 25.9 Å². The van der Waals surface area contributed by atoms with E-state index in [1.54, 1.807) is 0 Å². The molecular formula is C42H24N4O. The van der Waals surface area contributed by atoms with Gasteiger partial charge in [0.25, 0.3) is 0 Å². The molecule has 0 spiro atoms. The van der Waals surface area contributed by atoms with Gasteiger partial charge >= 0.3 is 0 Å². The van der Waals surface area contributed by atoms with Crippen molar-refractivity contribution < 1.29 is 4.42 Å². The van der Waals surface area contributed by atoms with Gasteiger partial charge in [-0.15, -0.1) is 0 Å². The van der Waals surface area contributed by atoms with E-state index >= 15 is 0 Å². The lowest BCUT2D eigenvalue weighted by Crippen LogP contribution is -2.01. The fraction of sp³-hybridized carbons (Fsp3) is 0. The standard InChI is InChI=1S/C42H24N4O/c1-43-35-23-8-15-26-14-7-20-31(38(26)35)29-18-9-19-30-28(29)17-10-21-32(30)41-44-40(27-12-3-2-4-13-27)45-42(46-41)34-22-11-25-37-39(34)33-16-5-6-24-36(33)47-37/h2-25H. The van der Waals surface area contributed by atoms with E-state index in [0.29, 0.717) is 23.2 Å². The molecule has 0 aliphatic rings. The third-order valence-electron chi connectivity index (χ3n) is 8.77. The van der Waals surface area contributed by atoms with Crippen LogP contribution in [-0.2, 0) is 0 Å². The second-order valence-electron chi connectivity index (χ2n) is 11.4. The molecule has 9 rings (SSSR count). The zero-order chi connectivity index (χ0) is 31.3. The molecule has 0 aliphatic heterocycles. The molecule has 47 heavy (non-hydrogen) atoms. The zero-order valence-electron chi connectivity index (χ0n) is 25.1. The maximum Gasteiger partial charge on any atom is 0.195 e. The molecule has 0 aliphatic carbocycles. The molecule has 0 bridgehead atoms. The lowest BCUT2D eigenvalue weighted by molar-refractivity contribution is 0.669. The van der Waals surface area contributed by atoms with Crippen molar-refractivity contribution in [3.8, 4) is 45.3 Å². The highest BCUT2D eigenvalue weighted by molar-refractivity contribution is 6.13. The first-order chi connectivity index (χ1) is 23.3. The third-order valence-corrected chi connectivity index (χ3v) is 8.77. The number of benzene rings is 7. The van der Waals surface area contributed by atoms with E-state index in [2.05, 4.69) is 77.6 Å². The minimum atomic E-state index is 0.579. The predicted molar refractivity (Wildman–Crippen MR) is 190 cm³/mol. The van der Waals surface area contributed by atoms with E-state index in [1.807, 2.05) is 72.8 Å². The molecule has 0 amide bonds. The summed E-state index contributed by atoms with van der Waals surface area (Å²) in [6, 6.07) is 48.8. The van der Waals surface area contributed by atoms with Crippen molar-refractivity contribution in [3.63, 3.8) is 0 Å². The van der Waals surface area contributed by atoms with Gasteiger partial charge in [0, 0.05) is 27.5 Å². The van der Waals surface area contributed by atoms with E-state index in [0.717, 1.165) is 71.3 Å². The Labute approximate surface area is 270 Å². The van der Waals surface area contributed by atoms with Crippen LogP contribution in [0.25, 0.3) is 93.6 Å². The first-order valence-corrected chi connectivity index (χ1v) is 15.4. The molecule has 0 N–H and O–H groups in total. The largest absolute Gasteiger partial charge is 0.456 e. The van der Waals surface area contributed by atoms with Gasteiger partial charge in [0.15, 0.2) is 23.2 Å². The highest BCUT2D eigenvalue weighted by Crippen LogP contribution is 2.41. The third kappa shape index (κ3) is 4.35. The van der Waals surface area contributed by atoms with Gasteiger partial charge < -0.3 is 4.42 Å². The average molecular weight is 601 g/mol. The molecular weight excluding hydrogens is 576 g/mol. The van der Waals surface area contributed by atoms with E-state index in [-0.39, 0.29) is 0 Å². The normalized spacial score (nSPS) is 11.4. The minimum Gasteiger partial charge on any atom is -0.456 e. The topological polar surface area (TPSA) is 56.2 Å². The Kier molecular flexibility index (Phi) is 6.12. The van der Waals surface area contributed by atoms with Crippen LogP contribution in [0.1, 0.15) is 0 Å². The van der Waals surface area contributed by atoms with Crippen LogP contribution in [0.3, 0.4) is 0 Å². The van der Waals surface area contributed by atoms with Crippen LogP contribution in [0.4, 0.5) is 5.69 Å². The number of nitrogens with zero attached hydrogens (tertiary/aromatic N) is 4. The summed E-state index contributed by atoms with van der Waals surface area (Å²) in [7, 11) is 0. The van der Waals surface area contributed by atoms with E-state index in [1.165, 1.54) is 0 Å². The van der Waals surface area contributed by atoms with Gasteiger partial charge in [-0.3, -0.25) is 0 Å². The van der Waals surface area contributed by atoms with Crippen LogP contribution in [0, 0.1) is 6.57 Å². The van der Waals surface area contributed by atoms with Crippen LogP contribution >= 0.6 is 0 Å². The molecule has 2 aromatic heterocycles. The van der Waals surface area contributed by atoms with Gasteiger partial charge in [0.2, 0.25) is 0 Å². The lowest BCUT2D eigenvalue weighted by Gasteiger charge is -2.14. The molecule has 0 unspecified atom stereocenters. The van der Waals surface area contributed by atoms with Crippen LogP contribution in [0.5, 0.6) is 0 Å². The summed E-state index contributed by atoms with van der Waals surface area (Å²) in [5.74, 6) is 1.76. The van der Waals surface area contributed by atoms with Crippen LogP contribution in [0.2, 0.25) is 0 Å². The molecule has 5 nitrogen and oxygen atoms in total. The Morgan fingerprint density at radius 2 is 1.00 bits per heavy atom. The lowest BCUT2D eigenvalue weighted by atomic mass is 9.91. The first-order valence-electron chi connectivity index (χ1n) is 15.4. The van der Waals surface area contributed by atoms with Crippen LogP contribution < -0.4 is 0 Å². The van der Waals surface area contributed by atoms with Crippen molar-refractivity contribution in [2.75, 3.05) is 0 Å². The summed E-state index contributed by atoms with van der Waals surface area (Å²) in [5, 5.41) is 6.07. The highest BCUT2D eigenvalue weighted by atomic mass is 16.3. The zero-order valence-corrected chi connectivity index (χ0v) is 25.1. The first kappa shape index (κ1) is 26.7. The maximum atomic E-state index is 7.86. The molecule has 0 atom stereocenters. The van der Waals surface area contributed by atoms with Gasteiger partial charge in [0.1, 0.15) is 11.2 Å². The molecule has 7 aromatic carbocycles. The fourth-order valence-electron chi connectivity index (χ4n) is 6.67. The SMILES string of the molecule is [C-]#[N+]c1cccc2cccc(-c3cccc4c(-c5nc(-c6ccccc6)nc(-c6cccc7oc8ccccc8c67)n5)cccc34)c12. The van der Waals surface area contributed by atoms with E-state index < -0.39 is 0 Å². The molecule has 218 valence electrons. The molecule has 2 heterocycles. The van der Waals surface area contributed by atoms with Gasteiger partial charge in [-0.25, -0.2) is 19.8 Å². The smallest absolute Gasteiger partial charge is 0.195 e. The summed E-state index contributed by atoms with van der Waals surface area (Å²) in [4.78, 5) is 19.1. The summed E-state index contributed by atoms with van der Waals surface area (Å²) in [6.07, 6.45) is 0. The Hall–Kier alpha value is -6.64. The fourth-order valence-corrected chi connectivity index (χ4v) is 6.67. The number of hydrogen-bond donors (Lipinski definition) is 0. The number of rotatable bonds is 4. The average Bonchev–Trinajstić information content (AvgIpc) is 3.53. The van der Waals surface area contributed by atoms with Crippen molar-refractivity contribution in [2.45, 2.75) is 0 Å². The number of fused-ring (bicyclic) bond motifs is 5. The molecule has 0 saturated carbocycles. The summed E-state index contributed by atoms with van der Waals surface area (Å²) in [6.45, 7) is 7.86. The second kappa shape index (κ2) is 10.8. The van der Waals surface area contributed by atoms with Gasteiger partial charge in [0.05, 0.1) is 6.57 Å². The van der Waals surface area contributed by atoms with Crippen LogP contribution in [0.15, 0.2) is 150 Å². The monoisotopic (exact) mass is 600 g/mol. The molecule has 5 heteroatoms. The van der Waals surface area contributed by atoms with Gasteiger partial charge in [-0.1, -0.05) is 133 Å². The van der Waals surface area contributed by atoms with Crippen molar-refractivity contribution >= 4 is 49.2 Å². The Bertz CT molecular complexity index is 2700. The minimum absolute atomic E-state index is 0.579. The molecule has 0 fully saturated rings. The van der Waals surface area contributed by atoms with Crippen molar-refractivity contribution in [2.24, 2.45) is 0 Å². The molecule has 0 radical (unpaired) electrons. The highest BCUT2D eigenvalue weighted by Gasteiger charge is 2.19. The van der Waals surface area contributed by atoms with Crippen molar-refractivity contribution in [1.82, 2.24) is 15.0 Å². The van der Waals surface area contributed by atoms with Crippen molar-refractivity contribution in [3.05, 3.63) is 157 Å². The number of aromatic nitrogens is 3. The Balaban J connectivity index is 1.31. The van der Waals surface area contributed by atoms with E-state index in [9.17, 15) is 0 Å². The summed E-state index contributed by atoms with van der Waals surface area (Å²) < 4.78 is 6.21. The van der Waals surface area contributed by atoms with Gasteiger partial charge in [-0.05, 0) is 44.8 Å². The maximum absolute atomic E-state index is 7.86. The second-order valence-corrected chi connectivity index (χ2v) is 11.4. The number of furan rings is 1. The number of hydrogen-bond acceptors (Lipinski definition) is 4. The Morgan fingerprint density at radius 3 is 1.83 bits per heavy atom. The summed E-state index contributed by atoms with van der Waals surface area (Å²) in [5.41, 5.74) is 7.03. The molecule has 9 aromatic rings. The van der Waals surface area contributed by atoms with Crippen molar-refractivity contribution in [1.29, 1.82) is 0 Å². The van der Waals surface area contributed by atoms with Gasteiger partial charge in [-0.2, -0.15) is 0 Å². The predicted octanol–water partition coefficient (Wildman–Crippen LogP) is 11.3. The molecule has 0 saturated heterocycles.